The Morgan fingerprint density at radius 1 is 1.07 bits per heavy atom. The van der Waals surface area contributed by atoms with Crippen LogP contribution in [0.1, 0.15) is 34.8 Å². The molecule has 1 aliphatic heterocycles. The third kappa shape index (κ3) is 3.68. The van der Waals surface area contributed by atoms with E-state index in [1.165, 1.54) is 7.11 Å². The minimum absolute atomic E-state index is 0.137. The summed E-state index contributed by atoms with van der Waals surface area (Å²) in [4.78, 5) is 26.6. The van der Waals surface area contributed by atoms with Crippen LogP contribution in [0.5, 0.6) is 0 Å². The summed E-state index contributed by atoms with van der Waals surface area (Å²) < 4.78 is 6.84. The van der Waals surface area contributed by atoms with E-state index in [-0.39, 0.29) is 31.0 Å². The Morgan fingerprint density at radius 3 is 2.63 bits per heavy atom. The van der Waals surface area contributed by atoms with Gasteiger partial charge >= 0.3 is 12.0 Å². The number of aromatic nitrogens is 1. The molecule has 6 nitrogen and oxygen atoms in total. The zero-order valence-corrected chi connectivity index (χ0v) is 17.2. The molecular weight excluding hydrogens is 378 g/mol. The van der Waals surface area contributed by atoms with Crippen LogP contribution in [-0.2, 0) is 16.1 Å². The highest BCUT2D eigenvalue weighted by Gasteiger charge is 2.33. The molecule has 0 spiro atoms. The van der Waals surface area contributed by atoms with Crippen LogP contribution >= 0.6 is 0 Å². The number of nitrogens with one attached hydrogen (secondary N) is 1. The molecule has 0 bridgehead atoms. The molecule has 0 unspecified atom stereocenters. The first-order valence-electron chi connectivity index (χ1n) is 10.0. The van der Waals surface area contributed by atoms with Gasteiger partial charge in [0.15, 0.2) is 0 Å². The Hall–Kier alpha value is -3.54. The fourth-order valence-electron chi connectivity index (χ4n) is 4.04. The van der Waals surface area contributed by atoms with Gasteiger partial charge in [0.2, 0.25) is 0 Å². The lowest BCUT2D eigenvalue weighted by Gasteiger charge is -2.31. The number of fused-ring (bicyclic) bond motifs is 3. The van der Waals surface area contributed by atoms with Gasteiger partial charge in [0.05, 0.1) is 25.8 Å². The monoisotopic (exact) mass is 403 g/mol. The first-order chi connectivity index (χ1) is 14.6. The van der Waals surface area contributed by atoms with E-state index in [1.54, 1.807) is 0 Å². The molecule has 1 aliphatic rings. The second-order valence-electron chi connectivity index (χ2n) is 7.38. The number of aryl methyl sites for hydroxylation is 1. The Bertz CT molecular complexity index is 1070. The van der Waals surface area contributed by atoms with Gasteiger partial charge in [0.1, 0.15) is 6.04 Å². The number of urea groups is 1. The maximum Gasteiger partial charge on any atom is 0.318 e. The molecule has 0 fully saturated rings. The number of ether oxygens (including phenoxy) is 1. The van der Waals surface area contributed by atoms with Crippen LogP contribution in [0.25, 0.3) is 5.69 Å². The molecule has 1 aromatic heterocycles. The van der Waals surface area contributed by atoms with Crippen LogP contribution in [0.2, 0.25) is 0 Å². The molecule has 0 saturated carbocycles. The van der Waals surface area contributed by atoms with Crippen molar-refractivity contribution in [3.05, 3.63) is 89.2 Å². The van der Waals surface area contributed by atoms with Gasteiger partial charge in [-0.25, -0.2) is 4.79 Å². The number of esters is 1. The number of methoxy groups -OCH3 is 1. The molecular formula is C24H25N3O3. The molecule has 0 radical (unpaired) electrons. The summed E-state index contributed by atoms with van der Waals surface area (Å²) in [5.41, 5.74) is 5.36. The molecule has 2 heterocycles. The van der Waals surface area contributed by atoms with E-state index < -0.39 is 0 Å². The summed E-state index contributed by atoms with van der Waals surface area (Å²) in [7, 11) is 1.35. The molecule has 154 valence electrons. The van der Waals surface area contributed by atoms with Gasteiger partial charge in [0, 0.05) is 18.4 Å². The van der Waals surface area contributed by atoms with E-state index >= 15 is 0 Å². The first-order valence-corrected chi connectivity index (χ1v) is 10.0. The molecule has 1 N–H and O–H groups in total. The number of hydrogen-bond donors (Lipinski definition) is 1. The van der Waals surface area contributed by atoms with Crippen LogP contribution in [0.3, 0.4) is 0 Å². The lowest BCUT2D eigenvalue weighted by atomic mass is 9.97. The van der Waals surface area contributed by atoms with Crippen molar-refractivity contribution < 1.29 is 14.3 Å². The zero-order chi connectivity index (χ0) is 21.1. The van der Waals surface area contributed by atoms with Crippen molar-refractivity contribution >= 4 is 12.0 Å². The summed E-state index contributed by atoms with van der Waals surface area (Å²) in [6.07, 6.45) is 2.18. The number of amides is 2. The topological polar surface area (TPSA) is 63.6 Å². The highest BCUT2D eigenvalue weighted by Crippen LogP contribution is 2.37. The summed E-state index contributed by atoms with van der Waals surface area (Å²) in [6.45, 7) is 2.75. The number of carbonyl (C=O) groups excluding carboxylic acids is 2. The summed E-state index contributed by atoms with van der Waals surface area (Å²) in [5, 5.41) is 2.90. The molecule has 2 aromatic carbocycles. The van der Waals surface area contributed by atoms with Gasteiger partial charge in [-0.15, -0.1) is 0 Å². The highest BCUT2D eigenvalue weighted by molar-refractivity contribution is 5.77. The molecule has 6 heteroatoms. The van der Waals surface area contributed by atoms with E-state index in [0.717, 1.165) is 28.1 Å². The number of rotatable bonds is 4. The van der Waals surface area contributed by atoms with Crippen molar-refractivity contribution in [1.82, 2.24) is 14.8 Å². The van der Waals surface area contributed by atoms with E-state index in [9.17, 15) is 9.59 Å². The number of hydrogen-bond acceptors (Lipinski definition) is 3. The molecule has 0 saturated heterocycles. The van der Waals surface area contributed by atoms with Crippen molar-refractivity contribution in [3.8, 4) is 5.69 Å². The quantitative estimate of drug-likeness (QED) is 0.671. The zero-order valence-electron chi connectivity index (χ0n) is 17.2. The highest BCUT2D eigenvalue weighted by atomic mass is 16.5. The van der Waals surface area contributed by atoms with Gasteiger partial charge in [-0.05, 0) is 41.8 Å². The standard InChI is InChI=1S/C24H25N3O3/c1-17-8-3-5-10-19(17)23-21-12-7-15-26(21)20-11-6-4-9-18(20)16-27(23)24(29)25-14-13-22(28)30-2/h3-12,15,23H,13-14,16H2,1-2H3,(H,25,29)/t23-/m0/s1. The van der Waals surface area contributed by atoms with E-state index in [2.05, 4.69) is 45.8 Å². The first kappa shape index (κ1) is 19.8. The average molecular weight is 403 g/mol. The maximum absolute atomic E-state index is 13.3. The Balaban J connectivity index is 1.77. The van der Waals surface area contributed by atoms with Gasteiger partial charge in [-0.1, -0.05) is 42.5 Å². The molecule has 2 amide bonds. The van der Waals surface area contributed by atoms with Gasteiger partial charge < -0.3 is 19.5 Å². The molecule has 1 atom stereocenters. The number of carbonyl (C=O) groups is 2. The number of benzene rings is 2. The van der Waals surface area contributed by atoms with Crippen molar-refractivity contribution in [2.45, 2.75) is 25.9 Å². The lowest BCUT2D eigenvalue weighted by molar-refractivity contribution is -0.140. The maximum atomic E-state index is 13.3. The summed E-state index contributed by atoms with van der Waals surface area (Å²) in [5.74, 6) is -0.346. The predicted octanol–water partition coefficient (Wildman–Crippen LogP) is 3.96. The minimum atomic E-state index is -0.346. The van der Waals surface area contributed by atoms with Crippen molar-refractivity contribution in [2.24, 2.45) is 0 Å². The Labute approximate surface area is 176 Å². The fourth-order valence-corrected chi connectivity index (χ4v) is 4.04. The van der Waals surface area contributed by atoms with Crippen LogP contribution in [0.4, 0.5) is 4.79 Å². The van der Waals surface area contributed by atoms with Crippen molar-refractivity contribution in [1.29, 1.82) is 0 Å². The second kappa shape index (κ2) is 8.45. The third-order valence-corrected chi connectivity index (χ3v) is 5.54. The van der Waals surface area contributed by atoms with Crippen molar-refractivity contribution in [3.63, 3.8) is 0 Å². The largest absolute Gasteiger partial charge is 0.469 e. The normalized spacial score (nSPS) is 15.0. The van der Waals surface area contributed by atoms with Crippen molar-refractivity contribution in [2.75, 3.05) is 13.7 Å². The SMILES string of the molecule is COC(=O)CCNC(=O)N1Cc2ccccc2-n2cccc2[C@@H]1c1ccccc1C. The molecule has 3 aromatic rings. The Morgan fingerprint density at radius 2 is 1.83 bits per heavy atom. The number of nitrogens with zero attached hydrogens (tertiary/aromatic N) is 2. The van der Waals surface area contributed by atoms with Crippen LogP contribution in [-0.4, -0.2) is 35.1 Å². The average Bonchev–Trinajstić information content (AvgIpc) is 3.19. The van der Waals surface area contributed by atoms with Gasteiger partial charge in [0.25, 0.3) is 0 Å². The van der Waals surface area contributed by atoms with E-state index in [0.29, 0.717) is 6.54 Å². The smallest absolute Gasteiger partial charge is 0.318 e. The molecule has 0 aliphatic carbocycles. The van der Waals surface area contributed by atoms with Crippen LogP contribution in [0, 0.1) is 6.92 Å². The Kier molecular flexibility index (Phi) is 5.57. The summed E-state index contributed by atoms with van der Waals surface area (Å²) >= 11 is 0. The molecule has 30 heavy (non-hydrogen) atoms. The fraction of sp³-hybridized carbons (Fsp3) is 0.250. The van der Waals surface area contributed by atoms with Gasteiger partial charge in [-0.3, -0.25) is 4.79 Å². The van der Waals surface area contributed by atoms with E-state index in [1.807, 2.05) is 47.5 Å². The minimum Gasteiger partial charge on any atom is -0.469 e. The predicted molar refractivity (Wildman–Crippen MR) is 114 cm³/mol. The third-order valence-electron chi connectivity index (χ3n) is 5.54. The van der Waals surface area contributed by atoms with E-state index in [4.69, 9.17) is 0 Å². The van der Waals surface area contributed by atoms with Crippen LogP contribution < -0.4 is 5.32 Å². The lowest BCUT2D eigenvalue weighted by Crippen LogP contribution is -2.42. The van der Waals surface area contributed by atoms with Crippen LogP contribution in [0.15, 0.2) is 66.9 Å². The molecule has 4 rings (SSSR count). The summed E-state index contributed by atoms with van der Waals surface area (Å²) in [6, 6.07) is 19.9. The second-order valence-corrected chi connectivity index (χ2v) is 7.38. The van der Waals surface area contributed by atoms with Gasteiger partial charge in [-0.2, -0.15) is 0 Å². The number of para-hydroxylation sites is 1.